The number of carbonyl (C=O) groups excluding carboxylic acids is 4. The van der Waals surface area contributed by atoms with Gasteiger partial charge < -0.3 is 35.7 Å². The molecule has 0 saturated carbocycles. The minimum atomic E-state index is -0.967. The molecule has 0 saturated heterocycles. The first kappa shape index (κ1) is 34.7. The fourth-order valence-electron chi connectivity index (χ4n) is 5.26. The number of primary amides is 1. The van der Waals surface area contributed by atoms with Gasteiger partial charge in [0.25, 0.3) is 5.91 Å². The van der Waals surface area contributed by atoms with Gasteiger partial charge in [-0.25, -0.2) is 4.79 Å². The normalized spacial score (nSPS) is 31.2. The maximum Gasteiger partial charge on any atom is 0.405 e. The molecule has 0 aromatic carbocycles. The molecule has 2 bridgehead atoms. The number of hydrogen-bond donors (Lipinski definition) is 4. The molecule has 2 aliphatic rings. The summed E-state index contributed by atoms with van der Waals surface area (Å²) in [5.74, 6) is -2.03. The van der Waals surface area contributed by atoms with E-state index in [1.54, 1.807) is 32.1 Å². The van der Waals surface area contributed by atoms with Crippen LogP contribution < -0.4 is 16.4 Å². The molecule has 232 valence electrons. The molecule has 1 aliphatic carbocycles. The van der Waals surface area contributed by atoms with Crippen LogP contribution in [0.3, 0.4) is 0 Å². The molecule has 5 N–H and O–H groups in total. The number of fused-ring (bicyclic) bond motifs is 2. The van der Waals surface area contributed by atoms with Crippen molar-refractivity contribution in [2.24, 2.45) is 17.6 Å². The number of carbonyl (C=O) groups is 4. The van der Waals surface area contributed by atoms with E-state index in [1.165, 1.54) is 14.2 Å². The third kappa shape index (κ3) is 9.23. The highest BCUT2D eigenvalue weighted by Gasteiger charge is 2.33. The number of methoxy groups -OCH3 is 2. The highest BCUT2D eigenvalue weighted by molar-refractivity contribution is 6.23. The summed E-state index contributed by atoms with van der Waals surface area (Å²) in [5, 5.41) is 16.8. The highest BCUT2D eigenvalue weighted by atomic mass is 16.6. The summed E-state index contributed by atoms with van der Waals surface area (Å²) in [6.07, 6.45) is 3.53. The van der Waals surface area contributed by atoms with E-state index in [4.69, 9.17) is 19.9 Å². The number of amides is 2. The number of nitrogens with one attached hydrogen (secondary N) is 2. The van der Waals surface area contributed by atoms with Gasteiger partial charge in [0.15, 0.2) is 6.10 Å². The Kier molecular flexibility index (Phi) is 13.4. The van der Waals surface area contributed by atoms with E-state index in [9.17, 15) is 24.3 Å². The first-order valence-corrected chi connectivity index (χ1v) is 14.1. The number of rotatable bonds is 6. The largest absolute Gasteiger partial charge is 0.439 e. The Labute approximate surface area is 247 Å². The van der Waals surface area contributed by atoms with E-state index in [2.05, 4.69) is 17.2 Å². The van der Waals surface area contributed by atoms with Crippen LogP contribution >= 0.6 is 0 Å². The van der Waals surface area contributed by atoms with Crippen molar-refractivity contribution in [3.05, 3.63) is 59.0 Å². The van der Waals surface area contributed by atoms with Gasteiger partial charge >= 0.3 is 6.09 Å². The van der Waals surface area contributed by atoms with Crippen molar-refractivity contribution in [2.45, 2.75) is 77.8 Å². The first-order valence-electron chi connectivity index (χ1n) is 14.1. The van der Waals surface area contributed by atoms with E-state index in [0.29, 0.717) is 30.4 Å². The Morgan fingerprint density at radius 3 is 2.45 bits per heavy atom. The first-order chi connectivity index (χ1) is 19.8. The number of aliphatic hydroxyl groups is 1. The van der Waals surface area contributed by atoms with E-state index < -0.39 is 53.9 Å². The lowest BCUT2D eigenvalue weighted by atomic mass is 9.85. The molecule has 42 heavy (non-hydrogen) atoms. The van der Waals surface area contributed by atoms with Gasteiger partial charge in [-0.2, -0.15) is 0 Å². The van der Waals surface area contributed by atoms with Crippen LogP contribution in [0, 0.1) is 11.8 Å². The van der Waals surface area contributed by atoms with Crippen LogP contribution in [0.5, 0.6) is 0 Å². The van der Waals surface area contributed by atoms with Gasteiger partial charge in [0.2, 0.25) is 11.6 Å². The molecule has 0 aromatic heterocycles. The smallest absolute Gasteiger partial charge is 0.405 e. The number of Topliss-reactive ketones (excluding diaryl/α,β-unsaturated/α-hetero) is 1. The van der Waals surface area contributed by atoms with Gasteiger partial charge in [-0.3, -0.25) is 14.4 Å². The molecule has 0 aromatic rings. The van der Waals surface area contributed by atoms with Gasteiger partial charge in [0.05, 0.1) is 29.7 Å². The van der Waals surface area contributed by atoms with Gasteiger partial charge in [0.1, 0.15) is 0 Å². The Morgan fingerprint density at radius 2 is 1.86 bits per heavy atom. The van der Waals surface area contributed by atoms with Crippen molar-refractivity contribution in [1.82, 2.24) is 10.6 Å². The third-order valence-electron chi connectivity index (χ3n) is 7.54. The van der Waals surface area contributed by atoms with Crippen LogP contribution in [0.1, 0.15) is 53.4 Å². The Morgan fingerprint density at radius 1 is 1.19 bits per heavy atom. The van der Waals surface area contributed by atoms with Crippen molar-refractivity contribution in [1.29, 1.82) is 0 Å². The fourth-order valence-corrected chi connectivity index (χ4v) is 5.26. The van der Waals surface area contributed by atoms with Crippen molar-refractivity contribution in [2.75, 3.05) is 20.8 Å². The van der Waals surface area contributed by atoms with Crippen molar-refractivity contribution >= 4 is 23.6 Å². The van der Waals surface area contributed by atoms with Crippen LogP contribution in [0.2, 0.25) is 0 Å². The average Bonchev–Trinajstić information content (AvgIpc) is 2.94. The minimum Gasteiger partial charge on any atom is -0.439 e. The fraction of sp³-hybridized carbons (Fsp3) is 0.548. The van der Waals surface area contributed by atoms with Crippen LogP contribution in [0.15, 0.2) is 59.0 Å². The average molecular weight is 588 g/mol. The molecule has 1 aliphatic heterocycles. The minimum absolute atomic E-state index is 0.108. The number of allylic oxidation sites excluding steroid dienone is 3. The number of nitrogens with two attached hydrogens (primary N) is 1. The number of ether oxygens (including phenoxy) is 3. The van der Waals surface area contributed by atoms with Gasteiger partial charge in [-0.15, -0.1) is 6.58 Å². The van der Waals surface area contributed by atoms with Gasteiger partial charge in [-0.05, 0) is 51.0 Å². The molecule has 2 amide bonds. The third-order valence-corrected chi connectivity index (χ3v) is 7.54. The SMILES string of the molecule is C=CCNC1=C2C[C@@H](C)C[C@@H](OC)[C@@H](O)[C@H](C)/C=C(\C)[C@H](OC(N)=O)[C@H](OC)CC/C=C(/C)C(=O)NC(=CC1=O)C2=O. The molecule has 0 fully saturated rings. The summed E-state index contributed by atoms with van der Waals surface area (Å²) >= 11 is 0. The zero-order valence-corrected chi connectivity index (χ0v) is 25.4. The second-order valence-corrected chi connectivity index (χ2v) is 10.9. The summed E-state index contributed by atoms with van der Waals surface area (Å²) in [4.78, 5) is 51.4. The monoisotopic (exact) mass is 587 g/mol. The molecule has 0 unspecified atom stereocenters. The maximum atomic E-state index is 13.6. The van der Waals surface area contributed by atoms with Crippen LogP contribution in [0.25, 0.3) is 0 Å². The van der Waals surface area contributed by atoms with E-state index in [0.717, 1.165) is 6.08 Å². The van der Waals surface area contributed by atoms with Crippen molar-refractivity contribution in [3.63, 3.8) is 0 Å². The molecule has 11 heteroatoms. The lowest BCUT2D eigenvalue weighted by Crippen LogP contribution is -2.38. The number of aliphatic hydroxyl groups excluding tert-OH is 1. The number of hydrogen-bond acceptors (Lipinski definition) is 9. The second kappa shape index (κ2) is 16.2. The topological polar surface area (TPSA) is 166 Å². The van der Waals surface area contributed by atoms with Gasteiger partial charge in [-0.1, -0.05) is 32.1 Å². The molecule has 2 rings (SSSR count). The molecule has 11 nitrogen and oxygen atoms in total. The zero-order chi connectivity index (χ0) is 31.6. The quantitative estimate of drug-likeness (QED) is 0.270. The molecule has 0 radical (unpaired) electrons. The molecule has 0 spiro atoms. The molecular formula is C31H45N3O8. The zero-order valence-electron chi connectivity index (χ0n) is 25.4. The van der Waals surface area contributed by atoms with Crippen LogP contribution in [-0.4, -0.2) is 73.9 Å². The lowest BCUT2D eigenvalue weighted by molar-refractivity contribution is -0.120. The Bertz CT molecular complexity index is 1170. The lowest BCUT2D eigenvalue weighted by Gasteiger charge is -2.30. The number of ketones is 2. The highest BCUT2D eigenvalue weighted by Crippen LogP contribution is 2.29. The van der Waals surface area contributed by atoms with Crippen molar-refractivity contribution < 1.29 is 38.5 Å². The summed E-state index contributed by atoms with van der Waals surface area (Å²) in [6.45, 7) is 11.0. The summed E-state index contributed by atoms with van der Waals surface area (Å²) in [5.41, 5.74) is 6.63. The van der Waals surface area contributed by atoms with Crippen molar-refractivity contribution in [3.8, 4) is 0 Å². The molecule has 6 atom stereocenters. The Hall–Kier alpha value is -3.54. The maximum absolute atomic E-state index is 13.6. The predicted molar refractivity (Wildman–Crippen MR) is 158 cm³/mol. The standard InChI is InChI=1S/C31H45N3O8/c1-8-12-33-26-21-13-17(2)14-25(41-7)27(36)19(4)15-20(5)29(42-31(32)39)24(40-6)11-9-10-18(3)30(38)34-22(28(21)37)16-23(26)35/h8,10,15-17,19,24-25,27,29,33,36H,1,9,11-14H2,2-7H3,(H2,32,39)(H,34,38)/b18-10-,20-15+/t17-,19-,24-,25-,27+,29+/m1/s1. The van der Waals surface area contributed by atoms with Crippen LogP contribution in [0.4, 0.5) is 4.79 Å². The Balaban J connectivity index is 2.57. The predicted octanol–water partition coefficient (Wildman–Crippen LogP) is 2.76. The van der Waals surface area contributed by atoms with E-state index in [-0.39, 0.29) is 35.9 Å². The second-order valence-electron chi connectivity index (χ2n) is 10.9. The van der Waals surface area contributed by atoms with E-state index in [1.807, 2.05) is 13.8 Å². The van der Waals surface area contributed by atoms with Gasteiger partial charge in [0, 0.05) is 43.9 Å². The summed E-state index contributed by atoms with van der Waals surface area (Å²) in [7, 11) is 2.98. The molecular weight excluding hydrogens is 542 g/mol. The van der Waals surface area contributed by atoms with Crippen LogP contribution in [-0.2, 0) is 28.6 Å². The van der Waals surface area contributed by atoms with E-state index >= 15 is 0 Å². The molecule has 1 heterocycles. The summed E-state index contributed by atoms with van der Waals surface area (Å²) < 4.78 is 16.7. The summed E-state index contributed by atoms with van der Waals surface area (Å²) in [6, 6.07) is 0.